The Kier molecular flexibility index (Phi) is 7.34. The van der Waals surface area contributed by atoms with Gasteiger partial charge in [-0.3, -0.25) is 0 Å². The molecule has 0 saturated carbocycles. The van der Waals surface area contributed by atoms with Gasteiger partial charge < -0.3 is 0 Å². The number of halogens is 1. The van der Waals surface area contributed by atoms with Gasteiger partial charge in [0.1, 0.15) is 0 Å². The Morgan fingerprint density at radius 1 is 1.36 bits per heavy atom. The molecule has 0 amide bonds. The van der Waals surface area contributed by atoms with E-state index in [0.29, 0.717) is 0 Å². The standard InChI is InChI=1S/C7H16B2BrN/c1-6(4-10)7(2)5-11-9-8-3/h6-7,11H,4-5H2,1-3H3. The monoisotopic (exact) mass is 215 g/mol. The molecular weight excluding hydrogens is 200 g/mol. The molecule has 0 radical (unpaired) electrons. The third-order valence-corrected chi connectivity index (χ3v) is 2.96. The summed E-state index contributed by atoms with van der Waals surface area (Å²) in [6.45, 7) is 11.6. The molecule has 0 rings (SSSR count). The van der Waals surface area contributed by atoms with Gasteiger partial charge in [-0.25, -0.2) is 0 Å². The van der Waals surface area contributed by atoms with Crippen molar-refractivity contribution in [2.45, 2.75) is 20.7 Å². The van der Waals surface area contributed by atoms with Gasteiger partial charge in [0.2, 0.25) is 0 Å². The van der Waals surface area contributed by atoms with Crippen LogP contribution in [-0.4, -0.2) is 25.6 Å². The molecule has 0 aromatic heterocycles. The number of alkyl halides is 1. The van der Waals surface area contributed by atoms with E-state index in [9.17, 15) is 0 Å². The molecule has 1 nitrogen and oxygen atoms in total. The Balaban J connectivity index is 3.43. The molecule has 0 heterocycles. The average Bonchev–Trinajstić information content (AvgIpc) is 2.03. The predicted octanol–water partition coefficient (Wildman–Crippen LogP) is 1.53. The molecule has 0 saturated heterocycles. The topological polar surface area (TPSA) is 12.0 Å². The zero-order chi connectivity index (χ0) is 8.69. The molecule has 0 aromatic rings. The SMILES string of the molecule is CB=BNCC(C)C(C)CBr. The van der Waals surface area contributed by atoms with E-state index in [2.05, 4.69) is 35.0 Å². The van der Waals surface area contributed by atoms with Gasteiger partial charge in [-0.2, -0.15) is 0 Å². The van der Waals surface area contributed by atoms with Crippen LogP contribution in [0.25, 0.3) is 0 Å². The molecule has 1 N–H and O–H groups in total. The fourth-order valence-corrected chi connectivity index (χ4v) is 1.36. The fourth-order valence-electron chi connectivity index (χ4n) is 0.725. The minimum absolute atomic E-state index is 0.727. The summed E-state index contributed by atoms with van der Waals surface area (Å²) in [6.07, 6.45) is 0. The molecule has 0 spiro atoms. The van der Waals surface area contributed by atoms with E-state index in [-0.39, 0.29) is 0 Å². The Morgan fingerprint density at radius 3 is 2.45 bits per heavy atom. The second-order valence-corrected chi connectivity index (χ2v) is 3.66. The normalized spacial score (nSPS) is 15.3. The third-order valence-electron chi connectivity index (χ3n) is 1.94. The first-order valence-corrected chi connectivity index (χ1v) is 5.25. The third kappa shape index (κ3) is 5.66. The van der Waals surface area contributed by atoms with Crippen molar-refractivity contribution in [2.24, 2.45) is 11.8 Å². The van der Waals surface area contributed by atoms with Crippen molar-refractivity contribution < 1.29 is 0 Å². The number of rotatable bonds is 5. The van der Waals surface area contributed by atoms with Crippen LogP contribution in [0.3, 0.4) is 0 Å². The van der Waals surface area contributed by atoms with E-state index in [4.69, 9.17) is 0 Å². The number of hydrogen-bond acceptors (Lipinski definition) is 1. The van der Waals surface area contributed by atoms with E-state index in [1.54, 1.807) is 0 Å². The summed E-state index contributed by atoms with van der Waals surface area (Å²) in [4.78, 5) is 0. The molecule has 0 aliphatic carbocycles. The second-order valence-electron chi connectivity index (χ2n) is 3.02. The van der Waals surface area contributed by atoms with Gasteiger partial charge in [0, 0.05) is 0 Å². The minimum atomic E-state index is 0.727. The molecule has 0 bridgehead atoms. The van der Waals surface area contributed by atoms with Crippen molar-refractivity contribution in [3.05, 3.63) is 0 Å². The molecule has 2 unspecified atom stereocenters. The van der Waals surface area contributed by atoms with Gasteiger partial charge in [0.05, 0.1) is 0 Å². The van der Waals surface area contributed by atoms with Crippen molar-refractivity contribution in [3.8, 4) is 0 Å². The van der Waals surface area contributed by atoms with Gasteiger partial charge in [0.25, 0.3) is 0 Å². The first-order chi connectivity index (χ1) is 5.22. The Bertz CT molecular complexity index is 119. The number of nitrogens with one attached hydrogen (secondary N) is 1. The molecule has 0 aliphatic heterocycles. The fraction of sp³-hybridized carbons (Fsp3) is 1.00. The van der Waals surface area contributed by atoms with Gasteiger partial charge in [-0.1, -0.05) is 0 Å². The molecular formula is C7H16B2BrN. The summed E-state index contributed by atoms with van der Waals surface area (Å²) >= 11 is 3.48. The van der Waals surface area contributed by atoms with Crippen molar-refractivity contribution in [3.63, 3.8) is 0 Å². The summed E-state index contributed by atoms with van der Waals surface area (Å²) in [7, 11) is 0. The van der Waals surface area contributed by atoms with Gasteiger partial charge in [0.15, 0.2) is 0 Å². The van der Waals surface area contributed by atoms with Gasteiger partial charge >= 0.3 is 79.3 Å². The molecule has 0 aromatic carbocycles. The summed E-state index contributed by atoms with van der Waals surface area (Å²) in [6, 6.07) is 0. The van der Waals surface area contributed by atoms with E-state index in [1.807, 2.05) is 20.6 Å². The molecule has 62 valence electrons. The molecule has 4 heteroatoms. The van der Waals surface area contributed by atoms with Crippen molar-refractivity contribution in [1.29, 1.82) is 0 Å². The molecule has 0 fully saturated rings. The zero-order valence-corrected chi connectivity index (χ0v) is 9.19. The Labute approximate surface area is 79.6 Å². The van der Waals surface area contributed by atoms with Crippen LogP contribution in [0.4, 0.5) is 0 Å². The van der Waals surface area contributed by atoms with Gasteiger partial charge in [-0.15, -0.1) is 0 Å². The average molecular weight is 216 g/mol. The van der Waals surface area contributed by atoms with E-state index >= 15 is 0 Å². The molecule has 0 aliphatic rings. The van der Waals surface area contributed by atoms with Crippen LogP contribution in [0.1, 0.15) is 13.8 Å². The summed E-state index contributed by atoms with van der Waals surface area (Å²) in [5.74, 6) is 1.47. The van der Waals surface area contributed by atoms with E-state index in [0.717, 1.165) is 23.7 Å². The number of hydrogen-bond donors (Lipinski definition) is 1. The summed E-state index contributed by atoms with van der Waals surface area (Å²) in [5, 5.41) is 4.34. The maximum absolute atomic E-state index is 3.48. The maximum atomic E-state index is 3.48. The van der Waals surface area contributed by atoms with E-state index in [1.165, 1.54) is 0 Å². The van der Waals surface area contributed by atoms with Crippen LogP contribution in [0.2, 0.25) is 6.82 Å². The van der Waals surface area contributed by atoms with E-state index < -0.39 is 0 Å². The van der Waals surface area contributed by atoms with Crippen LogP contribution in [0.15, 0.2) is 0 Å². The Hall–Kier alpha value is 0.410. The predicted molar refractivity (Wildman–Crippen MR) is 57.5 cm³/mol. The van der Waals surface area contributed by atoms with Crippen LogP contribution >= 0.6 is 15.9 Å². The van der Waals surface area contributed by atoms with Crippen molar-refractivity contribution in [2.75, 3.05) is 11.9 Å². The quantitative estimate of drug-likeness (QED) is 0.542. The second kappa shape index (κ2) is 7.08. The van der Waals surface area contributed by atoms with Crippen LogP contribution in [-0.2, 0) is 0 Å². The Morgan fingerprint density at radius 2 is 2.00 bits per heavy atom. The summed E-state index contributed by atoms with van der Waals surface area (Å²) in [5.41, 5.74) is 0. The molecule has 2 atom stereocenters. The zero-order valence-electron chi connectivity index (χ0n) is 7.60. The van der Waals surface area contributed by atoms with Crippen LogP contribution in [0.5, 0.6) is 0 Å². The first kappa shape index (κ1) is 11.4. The van der Waals surface area contributed by atoms with Crippen LogP contribution in [0, 0.1) is 11.8 Å². The van der Waals surface area contributed by atoms with Gasteiger partial charge in [-0.05, 0) is 0 Å². The van der Waals surface area contributed by atoms with Crippen molar-refractivity contribution >= 4 is 29.7 Å². The first-order valence-electron chi connectivity index (χ1n) is 4.12. The van der Waals surface area contributed by atoms with Crippen molar-refractivity contribution in [1.82, 2.24) is 5.23 Å². The van der Waals surface area contributed by atoms with Crippen LogP contribution < -0.4 is 5.23 Å². The summed E-state index contributed by atoms with van der Waals surface area (Å²) < 4.78 is 0. The molecule has 11 heavy (non-hydrogen) atoms.